The van der Waals surface area contributed by atoms with Gasteiger partial charge >= 0.3 is 5.97 Å². The lowest BCUT2D eigenvalue weighted by atomic mass is 9.90. The molecule has 0 aromatic heterocycles. The molecular weight excluding hydrogens is 268 g/mol. The summed E-state index contributed by atoms with van der Waals surface area (Å²) in [7, 11) is 0. The third kappa shape index (κ3) is 3.45. The first-order valence-corrected chi connectivity index (χ1v) is 6.93. The normalized spacial score (nSPS) is 20.0. The van der Waals surface area contributed by atoms with Crippen LogP contribution < -0.4 is 4.74 Å². The average molecular weight is 288 g/mol. The molecule has 2 N–H and O–H groups in total. The molecule has 2 rings (SSSR count). The minimum atomic E-state index is -0.987. The molecule has 1 atom stereocenters. The summed E-state index contributed by atoms with van der Waals surface area (Å²) in [4.78, 5) is 11.5. The van der Waals surface area contributed by atoms with Gasteiger partial charge in [0, 0.05) is 11.6 Å². The zero-order chi connectivity index (χ0) is 15.6. The number of carboxylic acids is 1. The van der Waals surface area contributed by atoms with Gasteiger partial charge in [-0.2, -0.15) is 0 Å². The second-order valence-corrected chi connectivity index (χ2v) is 5.78. The van der Waals surface area contributed by atoms with E-state index in [9.17, 15) is 15.0 Å². The third-order valence-electron chi connectivity index (χ3n) is 3.47. The van der Waals surface area contributed by atoms with E-state index in [-0.39, 0.29) is 11.3 Å². The van der Waals surface area contributed by atoms with Crippen LogP contribution in [0.2, 0.25) is 0 Å². The number of aromatic hydroxyl groups is 1. The summed E-state index contributed by atoms with van der Waals surface area (Å²) in [6.45, 7) is 5.91. The molecule has 1 unspecified atom stereocenters. The Morgan fingerprint density at radius 3 is 2.71 bits per heavy atom. The average Bonchev–Trinajstić information content (AvgIpc) is 2.36. The summed E-state index contributed by atoms with van der Waals surface area (Å²) in [5.41, 5.74) is 1.24. The van der Waals surface area contributed by atoms with Crippen molar-refractivity contribution in [1.29, 1.82) is 0 Å². The number of carbonyl (C=O) groups is 1. The highest BCUT2D eigenvalue weighted by molar-refractivity contribution is 6.16. The molecule has 0 amide bonds. The van der Waals surface area contributed by atoms with E-state index in [2.05, 4.69) is 6.08 Å². The van der Waals surface area contributed by atoms with Crippen LogP contribution in [0.5, 0.6) is 11.5 Å². The number of allylic oxidation sites excluding steroid dienone is 2. The number of benzene rings is 1. The lowest BCUT2D eigenvalue weighted by molar-refractivity contribution is -0.130. The summed E-state index contributed by atoms with van der Waals surface area (Å²) in [5.74, 6) is -0.514. The van der Waals surface area contributed by atoms with Gasteiger partial charge in [0.05, 0.1) is 5.57 Å². The van der Waals surface area contributed by atoms with Gasteiger partial charge in [-0.1, -0.05) is 11.6 Å². The quantitative estimate of drug-likeness (QED) is 0.828. The second kappa shape index (κ2) is 5.64. The monoisotopic (exact) mass is 288 g/mol. The minimum absolute atomic E-state index is 0.0621. The molecule has 0 bridgehead atoms. The SMILES string of the molecule is CC(C)=CCCC1(C)C=C(C(=O)O)c2ccc(O)cc2O1. The summed E-state index contributed by atoms with van der Waals surface area (Å²) in [6.07, 6.45) is 5.23. The maximum atomic E-state index is 11.5. The van der Waals surface area contributed by atoms with Crippen LogP contribution >= 0.6 is 0 Å². The highest BCUT2D eigenvalue weighted by Gasteiger charge is 2.33. The van der Waals surface area contributed by atoms with Crippen molar-refractivity contribution >= 4 is 11.5 Å². The Bertz CT molecular complexity index is 624. The molecule has 0 aliphatic carbocycles. The first kappa shape index (κ1) is 15.2. The number of phenols is 1. The summed E-state index contributed by atoms with van der Waals surface area (Å²) >= 11 is 0. The van der Waals surface area contributed by atoms with Gasteiger partial charge in [-0.25, -0.2) is 4.79 Å². The topological polar surface area (TPSA) is 66.8 Å². The van der Waals surface area contributed by atoms with Crippen molar-refractivity contribution in [3.63, 3.8) is 0 Å². The van der Waals surface area contributed by atoms with Crippen LogP contribution in [0.15, 0.2) is 35.9 Å². The summed E-state index contributed by atoms with van der Waals surface area (Å²) in [5, 5.41) is 19.0. The van der Waals surface area contributed by atoms with E-state index in [1.807, 2.05) is 20.8 Å². The molecule has 1 aromatic carbocycles. The van der Waals surface area contributed by atoms with Crippen LogP contribution in [-0.2, 0) is 4.79 Å². The van der Waals surface area contributed by atoms with E-state index in [1.165, 1.54) is 17.7 Å². The van der Waals surface area contributed by atoms with Crippen LogP contribution in [0.25, 0.3) is 5.57 Å². The smallest absolute Gasteiger partial charge is 0.336 e. The Labute approximate surface area is 124 Å². The summed E-state index contributed by atoms with van der Waals surface area (Å²) in [6, 6.07) is 4.50. The van der Waals surface area contributed by atoms with Gasteiger partial charge in [0.1, 0.15) is 17.1 Å². The standard InChI is InChI=1S/C17H20O4/c1-11(2)5-4-8-17(3)10-14(16(19)20)13-7-6-12(18)9-15(13)21-17/h5-7,9-10,18H,4,8H2,1-3H3,(H,19,20). The highest BCUT2D eigenvalue weighted by atomic mass is 16.5. The van der Waals surface area contributed by atoms with Crippen molar-refractivity contribution in [3.05, 3.63) is 41.5 Å². The van der Waals surface area contributed by atoms with Crippen molar-refractivity contribution in [2.45, 2.75) is 39.2 Å². The van der Waals surface area contributed by atoms with Gasteiger partial charge in [0.15, 0.2) is 0 Å². The number of ether oxygens (including phenoxy) is 1. The van der Waals surface area contributed by atoms with Crippen molar-refractivity contribution in [2.75, 3.05) is 0 Å². The van der Waals surface area contributed by atoms with Crippen LogP contribution in [0.3, 0.4) is 0 Å². The molecular formula is C17H20O4. The number of fused-ring (bicyclic) bond motifs is 1. The molecule has 1 aromatic rings. The molecule has 112 valence electrons. The number of carboxylic acid groups (broad SMARTS) is 1. The van der Waals surface area contributed by atoms with E-state index in [0.29, 0.717) is 17.7 Å². The predicted octanol–water partition coefficient (Wildman–Crippen LogP) is 3.76. The molecule has 1 aliphatic heterocycles. The second-order valence-electron chi connectivity index (χ2n) is 5.78. The number of hydrogen-bond acceptors (Lipinski definition) is 3. The van der Waals surface area contributed by atoms with Gasteiger partial charge in [-0.15, -0.1) is 0 Å². The maximum Gasteiger partial charge on any atom is 0.336 e. The first-order valence-electron chi connectivity index (χ1n) is 6.93. The molecule has 0 saturated carbocycles. The fourth-order valence-corrected chi connectivity index (χ4v) is 2.43. The van der Waals surface area contributed by atoms with Gasteiger partial charge in [-0.3, -0.25) is 0 Å². The van der Waals surface area contributed by atoms with Crippen LogP contribution in [0.4, 0.5) is 0 Å². The minimum Gasteiger partial charge on any atom is -0.508 e. The number of phenolic OH excluding ortho intramolecular Hbond substituents is 1. The van der Waals surface area contributed by atoms with Crippen molar-refractivity contribution in [3.8, 4) is 11.5 Å². The Balaban J connectivity index is 2.37. The Hall–Kier alpha value is -2.23. The molecule has 0 radical (unpaired) electrons. The van der Waals surface area contributed by atoms with Crippen molar-refractivity contribution < 1.29 is 19.7 Å². The van der Waals surface area contributed by atoms with Crippen LogP contribution in [-0.4, -0.2) is 21.8 Å². The Morgan fingerprint density at radius 1 is 1.38 bits per heavy atom. The molecule has 4 heteroatoms. The Morgan fingerprint density at radius 2 is 2.10 bits per heavy atom. The van der Waals surface area contributed by atoms with E-state index >= 15 is 0 Å². The molecule has 21 heavy (non-hydrogen) atoms. The lowest BCUT2D eigenvalue weighted by Crippen LogP contribution is -2.33. The lowest BCUT2D eigenvalue weighted by Gasteiger charge is -2.33. The zero-order valence-electron chi connectivity index (χ0n) is 12.5. The maximum absolute atomic E-state index is 11.5. The molecule has 1 aliphatic rings. The largest absolute Gasteiger partial charge is 0.508 e. The Kier molecular flexibility index (Phi) is 4.07. The fourth-order valence-electron chi connectivity index (χ4n) is 2.43. The molecule has 0 spiro atoms. The molecule has 1 heterocycles. The van der Waals surface area contributed by atoms with E-state index in [4.69, 9.17) is 4.74 Å². The zero-order valence-corrected chi connectivity index (χ0v) is 12.5. The molecule has 0 saturated heterocycles. The van der Waals surface area contributed by atoms with E-state index in [0.717, 1.165) is 6.42 Å². The van der Waals surface area contributed by atoms with E-state index in [1.54, 1.807) is 12.1 Å². The van der Waals surface area contributed by atoms with E-state index < -0.39 is 11.6 Å². The van der Waals surface area contributed by atoms with Gasteiger partial charge in [0.2, 0.25) is 0 Å². The number of rotatable bonds is 4. The molecule has 0 fully saturated rings. The van der Waals surface area contributed by atoms with Gasteiger partial charge in [-0.05, 0) is 51.8 Å². The predicted molar refractivity (Wildman–Crippen MR) is 81.4 cm³/mol. The van der Waals surface area contributed by atoms with Crippen molar-refractivity contribution in [1.82, 2.24) is 0 Å². The van der Waals surface area contributed by atoms with Gasteiger partial charge in [0.25, 0.3) is 0 Å². The number of aliphatic carboxylic acids is 1. The van der Waals surface area contributed by atoms with Crippen LogP contribution in [0, 0.1) is 0 Å². The summed E-state index contributed by atoms with van der Waals surface area (Å²) < 4.78 is 5.93. The molecule has 4 nitrogen and oxygen atoms in total. The van der Waals surface area contributed by atoms with Gasteiger partial charge < -0.3 is 14.9 Å². The highest BCUT2D eigenvalue weighted by Crippen LogP contribution is 2.39. The van der Waals surface area contributed by atoms with Crippen LogP contribution in [0.1, 0.15) is 39.2 Å². The fraction of sp³-hybridized carbons (Fsp3) is 0.353. The third-order valence-corrected chi connectivity index (χ3v) is 3.47. The number of hydrogen-bond donors (Lipinski definition) is 2. The van der Waals surface area contributed by atoms with Crippen molar-refractivity contribution in [2.24, 2.45) is 0 Å². The first-order chi connectivity index (χ1) is 9.81.